The van der Waals surface area contributed by atoms with E-state index in [1.165, 1.54) is 6.26 Å². The molecule has 0 aliphatic rings. The van der Waals surface area contributed by atoms with Gasteiger partial charge in [0.05, 0.1) is 12.7 Å². The molecule has 78 valence electrons. The second kappa shape index (κ2) is 4.64. The van der Waals surface area contributed by atoms with E-state index in [9.17, 15) is 4.79 Å². The maximum atomic E-state index is 11.1. The van der Waals surface area contributed by atoms with Gasteiger partial charge in [-0.05, 0) is 20.8 Å². The molecular weight excluding hydrogens is 186 g/mol. The van der Waals surface area contributed by atoms with Gasteiger partial charge in [-0.25, -0.2) is 4.79 Å². The molecule has 0 saturated carbocycles. The van der Waals surface area contributed by atoms with Gasteiger partial charge in [-0.1, -0.05) is 0 Å². The zero-order valence-corrected chi connectivity index (χ0v) is 8.44. The van der Waals surface area contributed by atoms with Crippen LogP contribution in [0.25, 0.3) is 0 Å². The molecule has 5 heteroatoms. The van der Waals surface area contributed by atoms with Crippen LogP contribution in [-0.4, -0.2) is 23.7 Å². The van der Waals surface area contributed by atoms with Gasteiger partial charge in [0.15, 0.2) is 5.69 Å². The lowest BCUT2D eigenvalue weighted by molar-refractivity contribution is 0.0519. The Balaban J connectivity index is 2.63. The molecule has 0 saturated heterocycles. The number of aromatic nitrogens is 1. The van der Waals surface area contributed by atoms with E-state index >= 15 is 0 Å². The van der Waals surface area contributed by atoms with E-state index in [0.717, 1.165) is 0 Å². The summed E-state index contributed by atoms with van der Waals surface area (Å²) in [6.07, 6.45) is 1.27. The van der Waals surface area contributed by atoms with Gasteiger partial charge in [0.25, 0.3) is 0 Å². The summed E-state index contributed by atoms with van der Waals surface area (Å²) in [5.41, 5.74) is 0.127. The van der Waals surface area contributed by atoms with Crippen LogP contribution in [-0.2, 0) is 4.74 Å². The first kappa shape index (κ1) is 10.6. The number of ether oxygens (including phenoxy) is 2. The average Bonchev–Trinajstić information content (AvgIpc) is 2.52. The Labute approximate surface area is 82.0 Å². The van der Waals surface area contributed by atoms with Gasteiger partial charge in [0.1, 0.15) is 6.26 Å². The second-order valence-corrected chi connectivity index (χ2v) is 2.89. The zero-order chi connectivity index (χ0) is 10.6. The minimum atomic E-state index is -0.505. The molecule has 0 unspecified atom stereocenters. The number of oxazole rings is 1. The van der Waals surface area contributed by atoms with Crippen molar-refractivity contribution < 1.29 is 18.7 Å². The molecule has 1 heterocycles. The largest absolute Gasteiger partial charge is 0.461 e. The highest BCUT2D eigenvalue weighted by Gasteiger charge is 2.14. The first-order valence-corrected chi connectivity index (χ1v) is 4.42. The van der Waals surface area contributed by atoms with Crippen LogP contribution in [0.3, 0.4) is 0 Å². The molecular formula is C9H13NO4. The molecule has 0 atom stereocenters. The average molecular weight is 199 g/mol. The van der Waals surface area contributed by atoms with E-state index in [-0.39, 0.29) is 17.9 Å². The highest BCUT2D eigenvalue weighted by molar-refractivity contribution is 5.86. The van der Waals surface area contributed by atoms with Crippen LogP contribution in [0, 0.1) is 0 Å². The van der Waals surface area contributed by atoms with E-state index in [4.69, 9.17) is 13.9 Å². The van der Waals surface area contributed by atoms with Gasteiger partial charge >= 0.3 is 12.0 Å². The number of nitrogens with zero attached hydrogens (tertiary/aromatic N) is 1. The van der Waals surface area contributed by atoms with Crippen molar-refractivity contribution >= 4 is 5.97 Å². The highest BCUT2D eigenvalue weighted by Crippen LogP contribution is 2.12. The van der Waals surface area contributed by atoms with Crippen LogP contribution in [0.5, 0.6) is 6.08 Å². The van der Waals surface area contributed by atoms with Crippen LogP contribution in [0.1, 0.15) is 31.3 Å². The summed E-state index contributed by atoms with van der Waals surface area (Å²) in [7, 11) is 0. The molecule has 0 aromatic carbocycles. The van der Waals surface area contributed by atoms with Gasteiger partial charge < -0.3 is 13.9 Å². The molecule has 1 aromatic rings. The first-order valence-electron chi connectivity index (χ1n) is 4.42. The maximum absolute atomic E-state index is 11.1. The van der Waals surface area contributed by atoms with Crippen molar-refractivity contribution in [1.82, 2.24) is 4.98 Å². The van der Waals surface area contributed by atoms with Gasteiger partial charge in [-0.3, -0.25) is 0 Å². The van der Waals surface area contributed by atoms with Crippen molar-refractivity contribution in [3.8, 4) is 6.08 Å². The molecule has 0 spiro atoms. The van der Waals surface area contributed by atoms with Gasteiger partial charge in [0.2, 0.25) is 0 Å². The number of esters is 1. The summed E-state index contributed by atoms with van der Waals surface area (Å²) in [5, 5.41) is 0. The fourth-order valence-electron chi connectivity index (χ4n) is 0.812. The van der Waals surface area contributed by atoms with Gasteiger partial charge in [-0.2, -0.15) is 4.98 Å². The summed E-state index contributed by atoms with van der Waals surface area (Å²) in [4.78, 5) is 14.9. The summed E-state index contributed by atoms with van der Waals surface area (Å²) < 4.78 is 14.8. The first-order chi connectivity index (χ1) is 6.63. The molecule has 1 rings (SSSR count). The number of carbonyl (C=O) groups is 1. The maximum Gasteiger partial charge on any atom is 0.394 e. The van der Waals surface area contributed by atoms with E-state index in [1.54, 1.807) is 6.92 Å². The van der Waals surface area contributed by atoms with Crippen molar-refractivity contribution in [2.75, 3.05) is 6.61 Å². The molecule has 0 amide bonds. The van der Waals surface area contributed by atoms with Crippen molar-refractivity contribution in [3.05, 3.63) is 12.0 Å². The lowest BCUT2D eigenvalue weighted by atomic mass is 10.5. The number of hydrogen-bond donors (Lipinski definition) is 0. The van der Waals surface area contributed by atoms with Gasteiger partial charge in [-0.15, -0.1) is 0 Å². The predicted molar refractivity (Wildman–Crippen MR) is 48.2 cm³/mol. The smallest absolute Gasteiger partial charge is 0.394 e. The SMILES string of the molecule is CCOC(=O)c1coc(OC(C)C)n1. The van der Waals surface area contributed by atoms with Crippen LogP contribution in [0.15, 0.2) is 10.7 Å². The Kier molecular flexibility index (Phi) is 3.50. The van der Waals surface area contributed by atoms with E-state index < -0.39 is 5.97 Å². The van der Waals surface area contributed by atoms with Crippen LogP contribution in [0.2, 0.25) is 0 Å². The summed E-state index contributed by atoms with van der Waals surface area (Å²) in [5.74, 6) is -0.505. The second-order valence-electron chi connectivity index (χ2n) is 2.89. The molecule has 0 aliphatic heterocycles. The van der Waals surface area contributed by atoms with Crippen LogP contribution in [0.4, 0.5) is 0 Å². The van der Waals surface area contributed by atoms with Crippen LogP contribution >= 0.6 is 0 Å². The minimum absolute atomic E-state index is 0.0382. The Morgan fingerprint density at radius 2 is 2.36 bits per heavy atom. The van der Waals surface area contributed by atoms with Crippen LogP contribution < -0.4 is 4.74 Å². The molecule has 0 N–H and O–H groups in total. The molecule has 5 nitrogen and oxygen atoms in total. The van der Waals surface area contributed by atoms with Crippen molar-refractivity contribution in [2.24, 2.45) is 0 Å². The van der Waals surface area contributed by atoms with Gasteiger partial charge in [0, 0.05) is 0 Å². The Morgan fingerprint density at radius 1 is 1.64 bits per heavy atom. The molecule has 0 aliphatic carbocycles. The molecule has 14 heavy (non-hydrogen) atoms. The standard InChI is InChI=1S/C9H13NO4/c1-4-12-8(11)7-5-13-9(10-7)14-6(2)3/h5-6H,4H2,1-3H3. The monoisotopic (exact) mass is 199 g/mol. The quantitative estimate of drug-likeness (QED) is 0.690. The Bertz CT molecular complexity index is 306. The van der Waals surface area contributed by atoms with E-state index in [2.05, 4.69) is 4.98 Å². The third kappa shape index (κ3) is 2.76. The summed E-state index contributed by atoms with van der Waals surface area (Å²) in [6, 6.07) is 0. The molecule has 0 bridgehead atoms. The number of hydrogen-bond acceptors (Lipinski definition) is 5. The molecule has 0 radical (unpaired) electrons. The zero-order valence-electron chi connectivity index (χ0n) is 8.44. The van der Waals surface area contributed by atoms with Crippen molar-refractivity contribution in [1.29, 1.82) is 0 Å². The van der Waals surface area contributed by atoms with E-state index in [0.29, 0.717) is 6.61 Å². The summed E-state index contributed by atoms with van der Waals surface area (Å²) >= 11 is 0. The Hall–Kier alpha value is -1.52. The molecule has 1 aromatic heterocycles. The fourth-order valence-corrected chi connectivity index (χ4v) is 0.812. The normalized spacial score (nSPS) is 10.3. The van der Waals surface area contributed by atoms with E-state index in [1.807, 2.05) is 13.8 Å². The van der Waals surface area contributed by atoms with Crippen molar-refractivity contribution in [3.63, 3.8) is 0 Å². The topological polar surface area (TPSA) is 61.6 Å². The summed E-state index contributed by atoms with van der Waals surface area (Å²) in [6.45, 7) is 5.72. The molecule has 0 fully saturated rings. The third-order valence-corrected chi connectivity index (χ3v) is 1.30. The predicted octanol–water partition coefficient (Wildman–Crippen LogP) is 1.64. The lowest BCUT2D eigenvalue weighted by Crippen LogP contribution is -2.07. The Morgan fingerprint density at radius 3 is 2.93 bits per heavy atom. The minimum Gasteiger partial charge on any atom is -0.461 e. The highest BCUT2D eigenvalue weighted by atomic mass is 16.6. The third-order valence-electron chi connectivity index (χ3n) is 1.30. The van der Waals surface area contributed by atoms with Crippen molar-refractivity contribution in [2.45, 2.75) is 26.9 Å². The number of carbonyl (C=O) groups excluding carboxylic acids is 1. The fraction of sp³-hybridized carbons (Fsp3) is 0.556. The lowest BCUT2D eigenvalue weighted by Gasteiger charge is -2.02. The number of rotatable bonds is 4.